The van der Waals surface area contributed by atoms with Gasteiger partial charge in [-0.25, -0.2) is 0 Å². The van der Waals surface area contributed by atoms with Gasteiger partial charge in [-0.05, 0) is 71.4 Å². The first-order valence-corrected chi connectivity index (χ1v) is 16.9. The number of benzene rings is 8. The maximum absolute atomic E-state index is 5.11. The second-order valence-corrected chi connectivity index (χ2v) is 12.7. The van der Waals surface area contributed by atoms with E-state index < -0.39 is 0 Å². The fourth-order valence-electron chi connectivity index (χ4n) is 7.57. The van der Waals surface area contributed by atoms with Gasteiger partial charge in [-0.1, -0.05) is 109 Å². The molecular weight excluding hydrogens is 609 g/mol. The zero-order chi connectivity index (χ0) is 33.0. The molecule has 0 spiro atoms. The molecule has 0 N–H and O–H groups in total. The van der Waals surface area contributed by atoms with E-state index in [0.29, 0.717) is 0 Å². The third kappa shape index (κ3) is 4.54. The van der Waals surface area contributed by atoms with Crippen molar-refractivity contribution in [1.29, 1.82) is 0 Å². The molecule has 0 saturated carbocycles. The molecule has 0 aliphatic heterocycles. The van der Waals surface area contributed by atoms with Crippen LogP contribution in [-0.2, 0) is 0 Å². The zero-order valence-corrected chi connectivity index (χ0v) is 27.1. The molecule has 0 fully saturated rings. The lowest BCUT2D eigenvalue weighted by atomic mass is 9.98. The number of fused-ring (bicyclic) bond motifs is 2. The van der Waals surface area contributed by atoms with Gasteiger partial charge >= 0.3 is 0 Å². The van der Waals surface area contributed by atoms with Crippen LogP contribution in [0.5, 0.6) is 0 Å². The smallest absolute Gasteiger partial charge is 0.0751 e. The van der Waals surface area contributed by atoms with Gasteiger partial charge in [0.1, 0.15) is 0 Å². The molecule has 0 amide bonds. The Hall–Kier alpha value is -6.78. The van der Waals surface area contributed by atoms with Crippen molar-refractivity contribution in [3.63, 3.8) is 0 Å². The Morgan fingerprint density at radius 2 is 0.740 bits per heavy atom. The highest BCUT2D eigenvalue weighted by atomic mass is 15.2. The highest BCUT2D eigenvalue weighted by Gasteiger charge is 2.21. The molecule has 0 aliphatic rings. The molecule has 0 saturated heterocycles. The first kappa shape index (κ1) is 28.3. The molecule has 2 aromatic heterocycles. The molecule has 4 nitrogen and oxygen atoms in total. The van der Waals surface area contributed by atoms with Gasteiger partial charge in [-0.2, -0.15) is 0 Å². The lowest BCUT2D eigenvalue weighted by Gasteiger charge is -2.28. The van der Waals surface area contributed by atoms with Gasteiger partial charge in [0.2, 0.25) is 0 Å². The fourth-order valence-corrected chi connectivity index (χ4v) is 7.57. The molecule has 50 heavy (non-hydrogen) atoms. The van der Waals surface area contributed by atoms with Crippen molar-refractivity contribution >= 4 is 88.2 Å². The molecule has 2 heterocycles. The largest absolute Gasteiger partial charge is 0.310 e. The van der Waals surface area contributed by atoms with E-state index in [1.807, 2.05) is 12.4 Å². The molecule has 8 aromatic carbocycles. The predicted molar refractivity (Wildman–Crippen MR) is 210 cm³/mol. The van der Waals surface area contributed by atoms with Crippen LogP contribution in [0, 0.1) is 0 Å². The number of hydrogen-bond acceptors (Lipinski definition) is 4. The van der Waals surface area contributed by atoms with E-state index in [0.717, 1.165) is 61.3 Å². The van der Waals surface area contributed by atoms with Crippen LogP contribution in [0.25, 0.3) is 54.1 Å². The lowest BCUT2D eigenvalue weighted by molar-refractivity contribution is 1.29. The van der Waals surface area contributed by atoms with E-state index in [-0.39, 0.29) is 0 Å². The van der Waals surface area contributed by atoms with E-state index in [2.05, 4.69) is 180 Å². The van der Waals surface area contributed by atoms with Crippen LogP contribution in [0.2, 0.25) is 0 Å². The highest BCUT2D eigenvalue weighted by Crippen LogP contribution is 2.45. The van der Waals surface area contributed by atoms with Crippen molar-refractivity contribution in [2.24, 2.45) is 0 Å². The number of hydrogen-bond donors (Lipinski definition) is 0. The van der Waals surface area contributed by atoms with Crippen LogP contribution in [0.3, 0.4) is 0 Å². The molecule has 4 heteroatoms. The minimum Gasteiger partial charge on any atom is -0.310 e. The summed E-state index contributed by atoms with van der Waals surface area (Å²) < 4.78 is 0. The summed E-state index contributed by atoms with van der Waals surface area (Å²) in [6.45, 7) is 0. The van der Waals surface area contributed by atoms with Crippen molar-refractivity contribution < 1.29 is 0 Å². The number of aromatic nitrogens is 2. The van der Waals surface area contributed by atoms with Crippen LogP contribution in [0.15, 0.2) is 182 Å². The molecule has 0 atom stereocenters. The second kappa shape index (κ2) is 11.4. The van der Waals surface area contributed by atoms with Crippen molar-refractivity contribution in [3.05, 3.63) is 182 Å². The van der Waals surface area contributed by atoms with Gasteiger partial charge in [-0.15, -0.1) is 0 Å². The van der Waals surface area contributed by atoms with Crippen molar-refractivity contribution in [1.82, 2.24) is 9.97 Å². The summed E-state index contributed by atoms with van der Waals surface area (Å²) in [4.78, 5) is 14.9. The minimum atomic E-state index is 0.922. The second-order valence-electron chi connectivity index (χ2n) is 12.7. The summed E-state index contributed by atoms with van der Waals surface area (Å²) in [5.74, 6) is 0. The number of para-hydroxylation sites is 2. The summed E-state index contributed by atoms with van der Waals surface area (Å²) in [7, 11) is 0. The molecular formula is C46H30N4. The van der Waals surface area contributed by atoms with Gasteiger partial charge < -0.3 is 9.80 Å². The van der Waals surface area contributed by atoms with Crippen molar-refractivity contribution in [2.75, 3.05) is 9.80 Å². The van der Waals surface area contributed by atoms with Gasteiger partial charge in [-0.3, -0.25) is 9.97 Å². The van der Waals surface area contributed by atoms with Gasteiger partial charge in [0.25, 0.3) is 0 Å². The van der Waals surface area contributed by atoms with Gasteiger partial charge in [0.05, 0.1) is 28.1 Å². The number of rotatable bonds is 6. The number of nitrogens with zero attached hydrogens (tertiary/aromatic N) is 4. The Morgan fingerprint density at radius 3 is 1.24 bits per heavy atom. The maximum atomic E-state index is 5.11. The van der Waals surface area contributed by atoms with Crippen LogP contribution in [0.4, 0.5) is 34.1 Å². The Kier molecular flexibility index (Phi) is 6.46. The number of anilines is 6. The van der Waals surface area contributed by atoms with E-state index in [1.54, 1.807) is 0 Å². The Morgan fingerprint density at radius 1 is 0.320 bits per heavy atom. The molecule has 10 aromatic rings. The van der Waals surface area contributed by atoms with E-state index in [9.17, 15) is 0 Å². The normalized spacial score (nSPS) is 11.6. The van der Waals surface area contributed by atoms with Crippen LogP contribution >= 0.6 is 0 Å². The average molecular weight is 639 g/mol. The minimum absolute atomic E-state index is 0.922. The van der Waals surface area contributed by atoms with Crippen molar-refractivity contribution in [3.8, 4) is 0 Å². The quantitative estimate of drug-likeness (QED) is 0.170. The van der Waals surface area contributed by atoms with E-state index >= 15 is 0 Å². The molecule has 0 unspecified atom stereocenters. The highest BCUT2D eigenvalue weighted by molar-refractivity contribution is 6.22. The van der Waals surface area contributed by atoms with Gasteiger partial charge in [0.15, 0.2) is 0 Å². The first-order chi connectivity index (χ1) is 24.8. The molecule has 0 bridgehead atoms. The summed E-state index contributed by atoms with van der Waals surface area (Å²) in [5.41, 5.74) is 8.34. The van der Waals surface area contributed by atoms with Crippen LogP contribution in [-0.4, -0.2) is 9.97 Å². The predicted octanol–water partition coefficient (Wildman–Crippen LogP) is 12.6. The third-order valence-corrected chi connectivity index (χ3v) is 9.76. The summed E-state index contributed by atoms with van der Waals surface area (Å²) >= 11 is 0. The summed E-state index contributed by atoms with van der Waals surface area (Å²) in [5, 5.41) is 9.21. The SMILES string of the molecule is c1ccc(N(c2cc3cnc4cc(N(c5ccccc5)c5cccc6ccccc56)cc5ncc(c2)c3c45)c2cccc3ccccc23)cc1. The standard InChI is InChI=1S/C46H30N4/c1-3-17-35(18-4-1)49(43-23-11-15-31-13-7-9-21-39(31)43)37-25-33-29-47-41-27-38(28-42-46(41)45(33)34(26-37)30-48-42)50(36-19-5-2-6-20-36)44-24-12-16-32-14-8-10-22-40(32)44/h1-30H. The molecule has 0 radical (unpaired) electrons. The number of pyridine rings is 2. The monoisotopic (exact) mass is 638 g/mol. The summed E-state index contributed by atoms with van der Waals surface area (Å²) in [6.07, 6.45) is 4.04. The average Bonchev–Trinajstić information content (AvgIpc) is 3.18. The third-order valence-electron chi connectivity index (χ3n) is 9.76. The lowest BCUT2D eigenvalue weighted by Crippen LogP contribution is -2.11. The summed E-state index contributed by atoms with van der Waals surface area (Å²) in [6, 6.07) is 60.2. The Labute approximate surface area is 289 Å². The Bertz CT molecular complexity index is 2560. The fraction of sp³-hybridized carbons (Fsp3) is 0. The Balaban J connectivity index is 1.18. The molecule has 10 rings (SSSR count). The zero-order valence-electron chi connectivity index (χ0n) is 27.1. The topological polar surface area (TPSA) is 32.3 Å². The van der Waals surface area contributed by atoms with Crippen molar-refractivity contribution in [2.45, 2.75) is 0 Å². The molecule has 0 aliphatic carbocycles. The maximum Gasteiger partial charge on any atom is 0.0751 e. The van der Waals surface area contributed by atoms with Crippen LogP contribution < -0.4 is 9.80 Å². The molecule has 234 valence electrons. The van der Waals surface area contributed by atoms with E-state index in [4.69, 9.17) is 9.97 Å². The van der Waals surface area contributed by atoms with Gasteiger partial charge in [0, 0.05) is 61.8 Å². The first-order valence-electron chi connectivity index (χ1n) is 16.9. The van der Waals surface area contributed by atoms with Crippen LogP contribution in [0.1, 0.15) is 0 Å². The van der Waals surface area contributed by atoms with E-state index in [1.165, 1.54) is 26.9 Å².